The van der Waals surface area contributed by atoms with Gasteiger partial charge in [-0.2, -0.15) is 5.10 Å². The molecule has 1 aliphatic rings. The molecule has 3 rings (SSSR count). The van der Waals surface area contributed by atoms with E-state index in [0.717, 1.165) is 5.69 Å². The van der Waals surface area contributed by atoms with Gasteiger partial charge in [-0.1, -0.05) is 0 Å². The number of nitrogens with one attached hydrogen (secondary N) is 1. The zero-order valence-electron chi connectivity index (χ0n) is 12.6. The molecule has 0 unspecified atom stereocenters. The van der Waals surface area contributed by atoms with Crippen LogP contribution in [0.25, 0.3) is 0 Å². The van der Waals surface area contributed by atoms with Crippen molar-refractivity contribution < 1.29 is 4.79 Å². The Kier molecular flexibility index (Phi) is 3.74. The summed E-state index contributed by atoms with van der Waals surface area (Å²) in [4.78, 5) is 37.4. The molecule has 0 saturated carbocycles. The van der Waals surface area contributed by atoms with Gasteiger partial charge in [-0.25, -0.2) is 14.6 Å². The van der Waals surface area contributed by atoms with Crippen molar-refractivity contribution in [2.75, 3.05) is 13.1 Å². The molecule has 22 heavy (non-hydrogen) atoms. The van der Waals surface area contributed by atoms with E-state index in [1.54, 1.807) is 18.7 Å². The molecule has 1 atom stereocenters. The fraction of sp³-hybridized carbons (Fsp3) is 0.500. The minimum absolute atomic E-state index is 0.0218. The number of amides is 1. The SMILES string of the molecule is Cc1nc2c(c(=O)[nH]1)CCN(C(=O)[C@H](C)n1cncn1)CC2. The summed E-state index contributed by atoms with van der Waals surface area (Å²) >= 11 is 0. The predicted molar refractivity (Wildman–Crippen MR) is 78.3 cm³/mol. The van der Waals surface area contributed by atoms with E-state index in [2.05, 4.69) is 20.1 Å². The van der Waals surface area contributed by atoms with Crippen molar-refractivity contribution in [3.8, 4) is 0 Å². The van der Waals surface area contributed by atoms with E-state index >= 15 is 0 Å². The average Bonchev–Trinajstić information content (AvgIpc) is 2.93. The second-order valence-corrected chi connectivity index (χ2v) is 5.45. The molecule has 3 heterocycles. The van der Waals surface area contributed by atoms with Gasteiger partial charge >= 0.3 is 0 Å². The standard InChI is InChI=1S/C14H18N6O2/c1-9(20-8-15-7-16-20)14(22)19-5-3-11-12(4-6-19)17-10(2)18-13(11)21/h7-9H,3-6H2,1-2H3,(H,17,18,21)/t9-/m0/s1. The van der Waals surface area contributed by atoms with E-state index < -0.39 is 6.04 Å². The molecular weight excluding hydrogens is 284 g/mol. The molecule has 116 valence electrons. The van der Waals surface area contributed by atoms with Crippen LogP contribution in [-0.4, -0.2) is 48.6 Å². The fourth-order valence-corrected chi connectivity index (χ4v) is 2.75. The first-order chi connectivity index (χ1) is 10.6. The highest BCUT2D eigenvalue weighted by molar-refractivity contribution is 5.80. The van der Waals surface area contributed by atoms with Crippen molar-refractivity contribution in [2.24, 2.45) is 0 Å². The Morgan fingerprint density at radius 1 is 1.36 bits per heavy atom. The molecule has 8 nitrogen and oxygen atoms in total. The quantitative estimate of drug-likeness (QED) is 0.832. The Hall–Kier alpha value is -2.51. The van der Waals surface area contributed by atoms with Crippen LogP contribution in [0.5, 0.6) is 0 Å². The Labute approximate surface area is 127 Å². The van der Waals surface area contributed by atoms with Gasteiger partial charge in [-0.05, 0) is 20.3 Å². The van der Waals surface area contributed by atoms with Crippen LogP contribution in [0, 0.1) is 6.92 Å². The normalized spacial score (nSPS) is 16.0. The van der Waals surface area contributed by atoms with Crippen LogP contribution < -0.4 is 5.56 Å². The average molecular weight is 302 g/mol. The highest BCUT2D eigenvalue weighted by Gasteiger charge is 2.25. The first-order valence-corrected chi connectivity index (χ1v) is 7.28. The molecule has 1 amide bonds. The number of nitrogens with zero attached hydrogens (tertiary/aromatic N) is 5. The lowest BCUT2D eigenvalue weighted by Crippen LogP contribution is -2.38. The molecule has 0 aromatic carbocycles. The summed E-state index contributed by atoms with van der Waals surface area (Å²) in [5.74, 6) is 0.589. The topological polar surface area (TPSA) is 96.8 Å². The molecule has 2 aromatic heterocycles. The summed E-state index contributed by atoms with van der Waals surface area (Å²) in [6.45, 7) is 4.63. The molecule has 1 aliphatic heterocycles. The summed E-state index contributed by atoms with van der Waals surface area (Å²) < 4.78 is 1.54. The van der Waals surface area contributed by atoms with E-state index in [4.69, 9.17) is 0 Å². The molecule has 0 fully saturated rings. The number of hydrogen-bond acceptors (Lipinski definition) is 5. The van der Waals surface area contributed by atoms with Gasteiger partial charge in [0.15, 0.2) is 0 Å². The fourth-order valence-electron chi connectivity index (χ4n) is 2.75. The van der Waals surface area contributed by atoms with Crippen LogP contribution in [-0.2, 0) is 17.6 Å². The third-order valence-corrected chi connectivity index (χ3v) is 3.97. The predicted octanol–water partition coefficient (Wildman–Crippen LogP) is -0.142. The molecule has 0 bridgehead atoms. The van der Waals surface area contributed by atoms with Crippen molar-refractivity contribution in [3.05, 3.63) is 40.1 Å². The van der Waals surface area contributed by atoms with Crippen molar-refractivity contribution in [1.29, 1.82) is 0 Å². The molecule has 2 aromatic rings. The minimum atomic E-state index is -0.406. The van der Waals surface area contributed by atoms with Gasteiger partial charge < -0.3 is 9.88 Å². The Bertz CT molecular complexity index is 736. The summed E-state index contributed by atoms with van der Waals surface area (Å²) in [6.07, 6.45) is 4.06. The number of carbonyl (C=O) groups excluding carboxylic acids is 1. The Morgan fingerprint density at radius 3 is 2.86 bits per heavy atom. The van der Waals surface area contributed by atoms with E-state index in [1.807, 2.05) is 0 Å². The lowest BCUT2D eigenvalue weighted by atomic mass is 10.1. The van der Waals surface area contributed by atoms with E-state index in [9.17, 15) is 9.59 Å². The van der Waals surface area contributed by atoms with Crippen molar-refractivity contribution >= 4 is 5.91 Å². The monoisotopic (exact) mass is 302 g/mol. The van der Waals surface area contributed by atoms with Gasteiger partial charge in [0.05, 0.1) is 5.69 Å². The van der Waals surface area contributed by atoms with Crippen LogP contribution in [0.4, 0.5) is 0 Å². The number of aromatic amines is 1. The number of aryl methyl sites for hydroxylation is 1. The molecule has 1 N–H and O–H groups in total. The number of fused-ring (bicyclic) bond motifs is 1. The molecule has 0 spiro atoms. The van der Waals surface area contributed by atoms with Gasteiger partial charge in [-0.3, -0.25) is 9.59 Å². The number of hydrogen-bond donors (Lipinski definition) is 1. The number of carbonyl (C=O) groups is 1. The second-order valence-electron chi connectivity index (χ2n) is 5.45. The number of rotatable bonds is 2. The van der Waals surface area contributed by atoms with Crippen molar-refractivity contribution in [1.82, 2.24) is 29.6 Å². The van der Waals surface area contributed by atoms with Crippen molar-refractivity contribution in [3.63, 3.8) is 0 Å². The van der Waals surface area contributed by atoms with E-state index in [1.165, 1.54) is 17.3 Å². The lowest BCUT2D eigenvalue weighted by molar-refractivity contribution is -0.134. The molecule has 0 saturated heterocycles. The smallest absolute Gasteiger partial charge is 0.254 e. The lowest BCUT2D eigenvalue weighted by Gasteiger charge is -2.23. The van der Waals surface area contributed by atoms with Gasteiger partial charge in [0.2, 0.25) is 5.91 Å². The van der Waals surface area contributed by atoms with Crippen LogP contribution in [0.3, 0.4) is 0 Å². The van der Waals surface area contributed by atoms with Crippen molar-refractivity contribution in [2.45, 2.75) is 32.7 Å². The zero-order valence-corrected chi connectivity index (χ0v) is 12.6. The maximum absolute atomic E-state index is 12.6. The van der Waals surface area contributed by atoms with Crippen LogP contribution >= 0.6 is 0 Å². The number of aromatic nitrogens is 5. The molecule has 0 aliphatic carbocycles. The maximum atomic E-state index is 12.6. The van der Waals surface area contributed by atoms with Crippen LogP contribution in [0.1, 0.15) is 30.0 Å². The Morgan fingerprint density at radius 2 is 2.14 bits per heavy atom. The maximum Gasteiger partial charge on any atom is 0.254 e. The van der Waals surface area contributed by atoms with E-state index in [-0.39, 0.29) is 11.5 Å². The van der Waals surface area contributed by atoms with Crippen LogP contribution in [0.2, 0.25) is 0 Å². The summed E-state index contributed by atoms with van der Waals surface area (Å²) in [5, 5.41) is 4.01. The first-order valence-electron chi connectivity index (χ1n) is 7.28. The van der Waals surface area contributed by atoms with E-state index in [0.29, 0.717) is 37.3 Å². The minimum Gasteiger partial charge on any atom is -0.340 e. The largest absolute Gasteiger partial charge is 0.340 e. The first kappa shape index (κ1) is 14.4. The zero-order chi connectivity index (χ0) is 15.7. The third kappa shape index (κ3) is 2.63. The molecule has 8 heteroatoms. The summed E-state index contributed by atoms with van der Waals surface area (Å²) in [7, 11) is 0. The van der Waals surface area contributed by atoms with Gasteiger partial charge in [0, 0.05) is 25.1 Å². The molecule has 0 radical (unpaired) electrons. The van der Waals surface area contributed by atoms with Gasteiger partial charge in [0.1, 0.15) is 24.5 Å². The summed E-state index contributed by atoms with van der Waals surface area (Å²) in [6, 6.07) is -0.406. The molecular formula is C14H18N6O2. The second kappa shape index (κ2) is 5.70. The number of H-pyrrole nitrogens is 1. The van der Waals surface area contributed by atoms with Crippen LogP contribution in [0.15, 0.2) is 17.4 Å². The highest BCUT2D eigenvalue weighted by Crippen LogP contribution is 2.14. The Balaban J connectivity index is 1.78. The van der Waals surface area contributed by atoms with Gasteiger partial charge in [-0.15, -0.1) is 0 Å². The third-order valence-electron chi connectivity index (χ3n) is 3.97. The van der Waals surface area contributed by atoms with Gasteiger partial charge in [0.25, 0.3) is 5.56 Å². The summed E-state index contributed by atoms with van der Waals surface area (Å²) in [5.41, 5.74) is 1.39. The highest BCUT2D eigenvalue weighted by atomic mass is 16.2.